The lowest BCUT2D eigenvalue weighted by Crippen LogP contribution is -1.88. The lowest BCUT2D eigenvalue weighted by atomic mass is 10.2. The van der Waals surface area contributed by atoms with Gasteiger partial charge in [-0.1, -0.05) is 39.5 Å². The molecule has 84 valence electrons. The molecular weight excluding hydrogens is 288 g/mol. The van der Waals surface area contributed by atoms with E-state index in [0.29, 0.717) is 5.75 Å². The first-order valence-electron chi connectivity index (χ1n) is 4.59. The van der Waals surface area contributed by atoms with Gasteiger partial charge in [-0.05, 0) is 18.2 Å². The summed E-state index contributed by atoms with van der Waals surface area (Å²) in [5.41, 5.74) is 0.829. The highest BCUT2D eigenvalue weighted by atomic mass is 79.9. The number of carbonyl (C=O) groups is 1. The normalized spacial score (nSPS) is 9.19. The maximum absolute atomic E-state index is 10.7. The van der Waals surface area contributed by atoms with Gasteiger partial charge in [-0.3, -0.25) is 4.79 Å². The minimum absolute atomic E-state index is 0.0806. The van der Waals surface area contributed by atoms with E-state index < -0.39 is 0 Å². The van der Waals surface area contributed by atoms with Crippen LogP contribution in [0, 0.1) is 11.8 Å². The number of ether oxygens (including phenoxy) is 1. The third-order valence-corrected chi connectivity index (χ3v) is 2.92. The predicted molar refractivity (Wildman–Crippen MR) is 70.7 cm³/mol. The SMILES string of the molecule is COc1cc(Br)ccc1C#CCSC(C)=O. The van der Waals surface area contributed by atoms with Crippen LogP contribution in [0.25, 0.3) is 0 Å². The predicted octanol–water partition coefficient (Wildman–Crippen LogP) is 3.09. The maximum Gasteiger partial charge on any atom is 0.186 e. The van der Waals surface area contributed by atoms with Crippen LogP contribution >= 0.6 is 27.7 Å². The van der Waals surface area contributed by atoms with Crippen molar-refractivity contribution in [2.45, 2.75) is 6.92 Å². The molecular formula is C12H11BrO2S. The number of rotatable bonds is 2. The van der Waals surface area contributed by atoms with E-state index in [4.69, 9.17) is 4.74 Å². The van der Waals surface area contributed by atoms with Gasteiger partial charge < -0.3 is 4.74 Å². The van der Waals surface area contributed by atoms with Gasteiger partial charge >= 0.3 is 0 Å². The number of benzene rings is 1. The topological polar surface area (TPSA) is 26.3 Å². The van der Waals surface area contributed by atoms with E-state index in [9.17, 15) is 4.79 Å². The number of hydrogen-bond acceptors (Lipinski definition) is 3. The Labute approximate surface area is 108 Å². The first-order chi connectivity index (χ1) is 7.63. The van der Waals surface area contributed by atoms with Crippen LogP contribution in [-0.4, -0.2) is 18.0 Å². The minimum Gasteiger partial charge on any atom is -0.495 e. The summed E-state index contributed by atoms with van der Waals surface area (Å²) in [7, 11) is 1.61. The summed E-state index contributed by atoms with van der Waals surface area (Å²) < 4.78 is 6.15. The van der Waals surface area contributed by atoms with E-state index in [2.05, 4.69) is 27.8 Å². The van der Waals surface area contributed by atoms with Crippen LogP contribution in [-0.2, 0) is 4.79 Å². The zero-order valence-electron chi connectivity index (χ0n) is 9.04. The van der Waals surface area contributed by atoms with Crippen molar-refractivity contribution in [3.63, 3.8) is 0 Å². The van der Waals surface area contributed by atoms with Gasteiger partial charge in [0.2, 0.25) is 0 Å². The van der Waals surface area contributed by atoms with Crippen LogP contribution in [0.1, 0.15) is 12.5 Å². The molecule has 0 spiro atoms. The van der Waals surface area contributed by atoms with Crippen molar-refractivity contribution in [2.75, 3.05) is 12.9 Å². The number of thioether (sulfide) groups is 1. The Bertz CT molecular complexity index is 446. The first-order valence-corrected chi connectivity index (χ1v) is 6.37. The Balaban J connectivity index is 2.76. The van der Waals surface area contributed by atoms with E-state index in [1.165, 1.54) is 18.7 Å². The van der Waals surface area contributed by atoms with Gasteiger partial charge in [-0.2, -0.15) is 0 Å². The van der Waals surface area contributed by atoms with Crippen LogP contribution in [0.4, 0.5) is 0 Å². The van der Waals surface area contributed by atoms with Crippen LogP contribution in [0.5, 0.6) is 5.75 Å². The fourth-order valence-corrected chi connectivity index (χ4v) is 1.73. The summed E-state index contributed by atoms with van der Waals surface area (Å²) in [5.74, 6) is 7.14. The number of methoxy groups -OCH3 is 1. The Kier molecular flexibility index (Phi) is 5.44. The zero-order valence-corrected chi connectivity index (χ0v) is 11.4. The molecule has 0 N–H and O–H groups in total. The fraction of sp³-hybridized carbons (Fsp3) is 0.250. The lowest BCUT2D eigenvalue weighted by Gasteiger charge is -2.02. The van der Waals surface area contributed by atoms with Crippen molar-refractivity contribution in [1.82, 2.24) is 0 Å². The Morgan fingerprint density at radius 2 is 2.31 bits per heavy atom. The Morgan fingerprint density at radius 1 is 1.56 bits per heavy atom. The van der Waals surface area contributed by atoms with Crippen molar-refractivity contribution in [2.24, 2.45) is 0 Å². The average molecular weight is 299 g/mol. The van der Waals surface area contributed by atoms with Crippen LogP contribution < -0.4 is 4.74 Å². The standard InChI is InChI=1S/C12H11BrO2S/c1-9(14)16-7-3-4-10-5-6-11(13)8-12(10)15-2/h5-6,8H,7H2,1-2H3. The number of carbonyl (C=O) groups excluding carboxylic acids is 1. The second kappa shape index (κ2) is 6.62. The molecule has 0 fully saturated rings. The molecule has 0 unspecified atom stereocenters. The summed E-state index contributed by atoms with van der Waals surface area (Å²) in [6.07, 6.45) is 0. The van der Waals surface area contributed by atoms with Crippen molar-refractivity contribution < 1.29 is 9.53 Å². The molecule has 0 aliphatic carbocycles. The molecule has 2 nitrogen and oxygen atoms in total. The van der Waals surface area contributed by atoms with Crippen LogP contribution in [0.2, 0.25) is 0 Å². The van der Waals surface area contributed by atoms with Gasteiger partial charge in [0, 0.05) is 11.4 Å². The molecule has 0 heterocycles. The zero-order chi connectivity index (χ0) is 12.0. The molecule has 1 aromatic carbocycles. The molecule has 0 aliphatic heterocycles. The first kappa shape index (κ1) is 13.1. The highest BCUT2D eigenvalue weighted by Crippen LogP contribution is 2.22. The van der Waals surface area contributed by atoms with Crippen LogP contribution in [0.3, 0.4) is 0 Å². The van der Waals surface area contributed by atoms with E-state index >= 15 is 0 Å². The monoisotopic (exact) mass is 298 g/mol. The van der Waals surface area contributed by atoms with Gasteiger partial charge in [0.25, 0.3) is 0 Å². The third-order valence-electron chi connectivity index (χ3n) is 1.73. The van der Waals surface area contributed by atoms with E-state index in [1.807, 2.05) is 18.2 Å². The molecule has 1 aromatic rings. The lowest BCUT2D eigenvalue weighted by molar-refractivity contribution is -0.109. The van der Waals surface area contributed by atoms with Gasteiger partial charge in [-0.25, -0.2) is 0 Å². The minimum atomic E-state index is 0.0806. The number of hydrogen-bond donors (Lipinski definition) is 0. The number of halogens is 1. The summed E-state index contributed by atoms with van der Waals surface area (Å²) in [6, 6.07) is 5.65. The van der Waals surface area contributed by atoms with Crippen molar-refractivity contribution >= 4 is 32.8 Å². The van der Waals surface area contributed by atoms with Crippen molar-refractivity contribution in [3.05, 3.63) is 28.2 Å². The van der Waals surface area contributed by atoms with Crippen LogP contribution in [0.15, 0.2) is 22.7 Å². The highest BCUT2D eigenvalue weighted by Gasteiger charge is 1.99. The molecule has 0 atom stereocenters. The maximum atomic E-state index is 10.7. The summed E-state index contributed by atoms with van der Waals surface area (Å²) >= 11 is 4.57. The molecule has 0 bridgehead atoms. The van der Waals surface area contributed by atoms with E-state index in [0.717, 1.165) is 15.8 Å². The molecule has 0 aliphatic rings. The molecule has 0 radical (unpaired) electrons. The summed E-state index contributed by atoms with van der Waals surface area (Å²) in [6.45, 7) is 1.53. The second-order valence-corrected chi connectivity index (χ2v) is 4.99. The molecule has 0 aromatic heterocycles. The third kappa shape index (κ3) is 4.30. The molecule has 1 rings (SSSR count). The molecule has 0 saturated carbocycles. The molecule has 0 amide bonds. The van der Waals surface area contributed by atoms with Crippen molar-refractivity contribution in [3.8, 4) is 17.6 Å². The van der Waals surface area contributed by atoms with Crippen molar-refractivity contribution in [1.29, 1.82) is 0 Å². The average Bonchev–Trinajstić information content (AvgIpc) is 2.25. The van der Waals surface area contributed by atoms with Gasteiger partial charge in [0.05, 0.1) is 18.4 Å². The summed E-state index contributed by atoms with van der Waals surface area (Å²) in [4.78, 5) is 10.7. The molecule has 4 heteroatoms. The largest absolute Gasteiger partial charge is 0.495 e. The van der Waals surface area contributed by atoms with E-state index in [-0.39, 0.29) is 5.12 Å². The Hall–Kier alpha value is -0.920. The van der Waals surface area contributed by atoms with Gasteiger partial charge in [0.1, 0.15) is 5.75 Å². The smallest absolute Gasteiger partial charge is 0.186 e. The molecule has 16 heavy (non-hydrogen) atoms. The highest BCUT2D eigenvalue weighted by molar-refractivity contribution is 9.10. The molecule has 0 saturated heterocycles. The van der Waals surface area contributed by atoms with Gasteiger partial charge in [0.15, 0.2) is 5.12 Å². The van der Waals surface area contributed by atoms with Gasteiger partial charge in [-0.15, -0.1) is 0 Å². The quantitative estimate of drug-likeness (QED) is 0.785. The van der Waals surface area contributed by atoms with E-state index in [1.54, 1.807) is 7.11 Å². The Morgan fingerprint density at radius 3 is 2.94 bits per heavy atom. The second-order valence-electron chi connectivity index (χ2n) is 2.93. The summed E-state index contributed by atoms with van der Waals surface area (Å²) in [5, 5.41) is 0.0806. The fourth-order valence-electron chi connectivity index (χ4n) is 1.04.